The molecule has 4 rings (SSSR count). The third-order valence-electron chi connectivity index (χ3n) is 7.13. The van der Waals surface area contributed by atoms with Crippen LogP contribution in [0, 0.1) is 5.41 Å². The van der Waals surface area contributed by atoms with Crippen LogP contribution in [0.3, 0.4) is 0 Å². The van der Waals surface area contributed by atoms with Crippen LogP contribution in [0.4, 0.5) is 10.6 Å². The Kier molecular flexibility index (Phi) is 7.13. The highest BCUT2D eigenvalue weighted by Crippen LogP contribution is 2.27. The molecule has 0 aromatic carbocycles. The molecule has 2 amide bonds. The molecule has 1 unspecified atom stereocenters. The molecule has 2 aliphatic heterocycles. The van der Waals surface area contributed by atoms with E-state index >= 15 is 0 Å². The van der Waals surface area contributed by atoms with E-state index in [9.17, 15) is 9.59 Å². The number of aromatic amines is 1. The first kappa shape index (κ1) is 22.8. The van der Waals surface area contributed by atoms with Crippen LogP contribution in [-0.2, 0) is 0 Å². The van der Waals surface area contributed by atoms with E-state index in [1.807, 2.05) is 0 Å². The van der Waals surface area contributed by atoms with Gasteiger partial charge in [-0.3, -0.25) is 9.69 Å². The summed E-state index contributed by atoms with van der Waals surface area (Å²) in [5.74, 6) is 1.12. The van der Waals surface area contributed by atoms with Gasteiger partial charge in [0, 0.05) is 44.0 Å². The summed E-state index contributed by atoms with van der Waals surface area (Å²) in [6.07, 6.45) is 8.93. The van der Waals surface area contributed by atoms with Crippen LogP contribution in [0.15, 0.2) is 4.79 Å². The summed E-state index contributed by atoms with van der Waals surface area (Å²) in [5, 5.41) is 14.2. The molecule has 3 fully saturated rings. The van der Waals surface area contributed by atoms with Gasteiger partial charge in [0.15, 0.2) is 0 Å². The fourth-order valence-electron chi connectivity index (χ4n) is 5.05. The van der Waals surface area contributed by atoms with Crippen molar-refractivity contribution in [3.63, 3.8) is 0 Å². The molecule has 1 atom stereocenters. The van der Waals surface area contributed by atoms with Crippen LogP contribution >= 0.6 is 0 Å². The molecule has 0 bridgehead atoms. The van der Waals surface area contributed by atoms with Gasteiger partial charge in [-0.05, 0) is 46.1 Å². The minimum absolute atomic E-state index is 0.0126. The van der Waals surface area contributed by atoms with Crippen LogP contribution < -0.4 is 16.2 Å². The van der Waals surface area contributed by atoms with E-state index in [4.69, 9.17) is 5.41 Å². The number of amides is 2. The molecule has 9 nitrogen and oxygen atoms in total. The molecule has 1 saturated carbocycles. The number of H-pyrrole nitrogens is 1. The highest BCUT2D eigenvalue weighted by molar-refractivity contribution is 5.83. The number of nitrogens with one attached hydrogen (secondary N) is 4. The van der Waals surface area contributed by atoms with Gasteiger partial charge in [-0.2, -0.15) is 0 Å². The van der Waals surface area contributed by atoms with Gasteiger partial charge in [-0.1, -0.05) is 19.3 Å². The van der Waals surface area contributed by atoms with Gasteiger partial charge in [0.05, 0.1) is 11.5 Å². The lowest BCUT2D eigenvalue weighted by Crippen LogP contribution is -2.57. The molecule has 2 saturated heterocycles. The van der Waals surface area contributed by atoms with E-state index < -0.39 is 0 Å². The first-order chi connectivity index (χ1) is 15.4. The number of aromatic nitrogens is 2. The molecule has 1 aliphatic carbocycles. The number of urea groups is 1. The molecule has 4 N–H and O–H groups in total. The number of carbonyl (C=O) groups excluding carboxylic acids is 1. The van der Waals surface area contributed by atoms with Crippen molar-refractivity contribution >= 4 is 18.1 Å². The predicted molar refractivity (Wildman–Crippen MR) is 126 cm³/mol. The number of hydrogen-bond acceptors (Lipinski definition) is 6. The number of likely N-dealkylation sites (tertiary alicyclic amines) is 2. The van der Waals surface area contributed by atoms with Gasteiger partial charge in [-0.25, -0.2) is 9.78 Å². The van der Waals surface area contributed by atoms with Gasteiger partial charge in [0.1, 0.15) is 11.6 Å². The van der Waals surface area contributed by atoms with E-state index in [1.54, 1.807) is 4.90 Å². The Balaban J connectivity index is 1.35. The maximum Gasteiger partial charge on any atom is 0.317 e. The Labute approximate surface area is 189 Å². The lowest BCUT2D eigenvalue weighted by atomic mass is 9.95. The van der Waals surface area contributed by atoms with Crippen molar-refractivity contribution in [3.05, 3.63) is 21.7 Å². The third kappa shape index (κ3) is 5.14. The molecular weight excluding hydrogens is 406 g/mol. The first-order valence-corrected chi connectivity index (χ1v) is 12.1. The second kappa shape index (κ2) is 10.0. The minimum Gasteiger partial charge on any atom is -0.367 e. The number of carbonyl (C=O) groups is 1. The number of anilines is 1. The normalized spacial score (nSPS) is 23.1. The molecule has 1 aromatic rings. The summed E-state index contributed by atoms with van der Waals surface area (Å²) in [4.78, 5) is 37.0. The Morgan fingerprint density at radius 1 is 1.12 bits per heavy atom. The average Bonchev–Trinajstić information content (AvgIpc) is 2.73. The van der Waals surface area contributed by atoms with Crippen LogP contribution in [0.2, 0.25) is 0 Å². The number of nitrogens with zero attached hydrogens (tertiary/aromatic N) is 3. The van der Waals surface area contributed by atoms with Gasteiger partial charge >= 0.3 is 6.03 Å². The highest BCUT2D eigenvalue weighted by Gasteiger charge is 2.35. The molecule has 3 heterocycles. The second-order valence-electron chi connectivity index (χ2n) is 9.82. The lowest BCUT2D eigenvalue weighted by Gasteiger charge is -2.41. The first-order valence-electron chi connectivity index (χ1n) is 12.1. The fourth-order valence-corrected chi connectivity index (χ4v) is 5.05. The highest BCUT2D eigenvalue weighted by atomic mass is 16.2. The average molecular weight is 444 g/mol. The maximum absolute atomic E-state index is 12.7. The Hall–Kier alpha value is -2.42. The van der Waals surface area contributed by atoms with Crippen molar-refractivity contribution in [1.82, 2.24) is 25.1 Å². The number of hydrogen-bond donors (Lipinski definition) is 4. The number of rotatable bonds is 6. The van der Waals surface area contributed by atoms with Crippen molar-refractivity contribution in [2.45, 2.75) is 82.8 Å². The second-order valence-corrected chi connectivity index (χ2v) is 9.82. The van der Waals surface area contributed by atoms with Gasteiger partial charge < -0.3 is 25.9 Å². The minimum atomic E-state index is -0.290. The van der Waals surface area contributed by atoms with Crippen molar-refractivity contribution in [2.24, 2.45) is 0 Å². The quantitative estimate of drug-likeness (QED) is 0.504. The van der Waals surface area contributed by atoms with Gasteiger partial charge in [0.2, 0.25) is 0 Å². The van der Waals surface area contributed by atoms with Crippen LogP contribution in [0.1, 0.15) is 76.1 Å². The molecule has 9 heteroatoms. The zero-order valence-corrected chi connectivity index (χ0v) is 19.3. The summed E-state index contributed by atoms with van der Waals surface area (Å²) in [7, 11) is 0. The predicted octanol–water partition coefficient (Wildman–Crippen LogP) is 2.49. The summed E-state index contributed by atoms with van der Waals surface area (Å²) >= 11 is 0. The van der Waals surface area contributed by atoms with Crippen LogP contribution in [0.25, 0.3) is 0 Å². The molecule has 176 valence electrons. The molecule has 32 heavy (non-hydrogen) atoms. The van der Waals surface area contributed by atoms with Crippen molar-refractivity contribution < 1.29 is 4.79 Å². The smallest absolute Gasteiger partial charge is 0.317 e. The topological polar surface area (TPSA) is 117 Å². The summed E-state index contributed by atoms with van der Waals surface area (Å²) < 4.78 is 0. The molecule has 1 aromatic heterocycles. The van der Waals surface area contributed by atoms with Crippen LogP contribution in [-0.4, -0.2) is 76.3 Å². The number of piperidine rings is 1. The zero-order chi connectivity index (χ0) is 22.7. The van der Waals surface area contributed by atoms with E-state index in [0.29, 0.717) is 36.8 Å². The van der Waals surface area contributed by atoms with Crippen molar-refractivity contribution in [2.75, 3.05) is 31.5 Å². The van der Waals surface area contributed by atoms with E-state index in [-0.39, 0.29) is 29.1 Å². The summed E-state index contributed by atoms with van der Waals surface area (Å²) in [5.41, 5.74) is -0.0116. The third-order valence-corrected chi connectivity index (χ3v) is 7.13. The van der Waals surface area contributed by atoms with Crippen LogP contribution in [0.5, 0.6) is 0 Å². The fraction of sp³-hybridized carbons (Fsp3) is 0.739. The Morgan fingerprint density at radius 2 is 1.84 bits per heavy atom. The Morgan fingerprint density at radius 3 is 2.53 bits per heavy atom. The monoisotopic (exact) mass is 443 g/mol. The van der Waals surface area contributed by atoms with Crippen molar-refractivity contribution in [1.29, 1.82) is 5.41 Å². The van der Waals surface area contributed by atoms with Crippen molar-refractivity contribution in [3.8, 4) is 0 Å². The van der Waals surface area contributed by atoms with Gasteiger partial charge in [-0.15, -0.1) is 0 Å². The molecular formula is C23H37N7O2. The lowest BCUT2D eigenvalue weighted by molar-refractivity contribution is 0.125. The largest absolute Gasteiger partial charge is 0.367 e. The Bertz CT molecular complexity index is 872. The van der Waals surface area contributed by atoms with Gasteiger partial charge in [0.25, 0.3) is 5.56 Å². The molecule has 0 radical (unpaired) electrons. The summed E-state index contributed by atoms with van der Waals surface area (Å²) in [6.45, 7) is 7.47. The van der Waals surface area contributed by atoms with E-state index in [2.05, 4.69) is 39.3 Å². The van der Waals surface area contributed by atoms with E-state index in [1.165, 1.54) is 19.3 Å². The molecule has 0 spiro atoms. The molecule has 3 aliphatic rings. The van der Waals surface area contributed by atoms with E-state index in [0.717, 1.165) is 45.0 Å². The summed E-state index contributed by atoms with van der Waals surface area (Å²) in [6, 6.07) is 0.949. The maximum atomic E-state index is 12.7. The SMILES string of the molecule is CC(C)N1CCCC(NC(=O)N2CC(c3nc(NC4CCCCC4)c(C=N)c(=O)[nH]3)C2)C1. The zero-order valence-electron chi connectivity index (χ0n) is 19.3. The standard InChI is InChI=1S/C23H37N7O2/c1-15(2)29-10-6-9-18(14-29)26-23(32)30-12-16(13-30)20-27-21(19(11-24)22(31)28-20)25-17-7-4-3-5-8-17/h11,15-18,24H,3-10,12-14H2,1-2H3,(H,26,32)(H2,25,27,28,31).